The van der Waals surface area contributed by atoms with E-state index in [0.29, 0.717) is 6.42 Å². The van der Waals surface area contributed by atoms with Gasteiger partial charge in [-0.05, 0) is 36.4 Å². The van der Waals surface area contributed by atoms with Crippen molar-refractivity contribution in [3.63, 3.8) is 0 Å². The number of hydrogen-bond donors (Lipinski definition) is 0. The van der Waals surface area contributed by atoms with Crippen molar-refractivity contribution in [3.8, 4) is 0 Å². The van der Waals surface area contributed by atoms with E-state index in [-0.39, 0.29) is 5.97 Å². The van der Waals surface area contributed by atoms with E-state index in [9.17, 15) is 4.79 Å². The Hall–Kier alpha value is -1.35. The zero-order valence-electron chi connectivity index (χ0n) is 12.6. The third kappa shape index (κ3) is 4.07. The monoisotopic (exact) mass is 275 g/mol. The first-order valence-electron chi connectivity index (χ1n) is 7.59. The number of methoxy groups -OCH3 is 1. The van der Waals surface area contributed by atoms with Crippen molar-refractivity contribution in [2.45, 2.75) is 39.2 Å². The molecule has 1 aromatic carbocycles. The highest BCUT2D eigenvalue weighted by Gasteiger charge is 2.19. The first kappa shape index (κ1) is 15.0. The van der Waals surface area contributed by atoms with Crippen LogP contribution in [-0.4, -0.2) is 31.1 Å². The van der Waals surface area contributed by atoms with Gasteiger partial charge in [0.05, 0.1) is 13.5 Å². The van der Waals surface area contributed by atoms with Gasteiger partial charge in [-0.25, -0.2) is 0 Å². The van der Waals surface area contributed by atoms with E-state index in [1.807, 2.05) is 12.1 Å². The smallest absolute Gasteiger partial charge is 0.309 e. The van der Waals surface area contributed by atoms with Crippen molar-refractivity contribution in [2.75, 3.05) is 20.2 Å². The van der Waals surface area contributed by atoms with Gasteiger partial charge in [0.15, 0.2) is 0 Å². The second-order valence-corrected chi connectivity index (χ2v) is 5.67. The highest BCUT2D eigenvalue weighted by Crippen LogP contribution is 2.22. The van der Waals surface area contributed by atoms with E-state index in [0.717, 1.165) is 18.0 Å². The minimum atomic E-state index is -0.164. The maximum absolute atomic E-state index is 11.5. The van der Waals surface area contributed by atoms with Crippen molar-refractivity contribution >= 4 is 5.97 Å². The van der Waals surface area contributed by atoms with Crippen LogP contribution in [0.1, 0.15) is 37.3 Å². The third-order valence-corrected chi connectivity index (χ3v) is 4.26. The van der Waals surface area contributed by atoms with Crippen molar-refractivity contribution in [3.05, 3.63) is 35.4 Å². The van der Waals surface area contributed by atoms with Crippen LogP contribution in [0.15, 0.2) is 24.3 Å². The number of esters is 1. The molecule has 1 unspecified atom stereocenters. The van der Waals surface area contributed by atoms with Crippen molar-refractivity contribution in [2.24, 2.45) is 5.92 Å². The highest BCUT2D eigenvalue weighted by molar-refractivity contribution is 5.72. The quantitative estimate of drug-likeness (QED) is 0.774. The topological polar surface area (TPSA) is 29.5 Å². The Labute approximate surface area is 121 Å². The fraction of sp³-hybridized carbons (Fsp3) is 0.588. The predicted molar refractivity (Wildman–Crippen MR) is 80.5 cm³/mol. The van der Waals surface area contributed by atoms with Gasteiger partial charge in [0, 0.05) is 13.1 Å². The number of ether oxygens (including phenoxy) is 1. The first-order chi connectivity index (χ1) is 9.72. The SMILES string of the molecule is CCC1CCCN(Cc2ccccc2CC(=O)OC)C1. The molecule has 1 fully saturated rings. The molecule has 110 valence electrons. The molecular formula is C17H25NO2. The van der Waals surface area contributed by atoms with Gasteiger partial charge in [-0.3, -0.25) is 9.69 Å². The molecule has 20 heavy (non-hydrogen) atoms. The Morgan fingerprint density at radius 2 is 2.10 bits per heavy atom. The maximum Gasteiger partial charge on any atom is 0.309 e. The Morgan fingerprint density at radius 1 is 1.35 bits per heavy atom. The fourth-order valence-electron chi connectivity index (χ4n) is 2.98. The summed E-state index contributed by atoms with van der Waals surface area (Å²) in [5.74, 6) is 0.666. The lowest BCUT2D eigenvalue weighted by Crippen LogP contribution is -2.34. The van der Waals surface area contributed by atoms with Crippen LogP contribution in [0.3, 0.4) is 0 Å². The zero-order valence-corrected chi connectivity index (χ0v) is 12.6. The van der Waals surface area contributed by atoms with E-state index in [1.54, 1.807) is 0 Å². The number of rotatable bonds is 5. The average molecular weight is 275 g/mol. The Kier molecular flexibility index (Phi) is 5.60. The minimum Gasteiger partial charge on any atom is -0.469 e. The lowest BCUT2D eigenvalue weighted by atomic mass is 9.94. The maximum atomic E-state index is 11.5. The van der Waals surface area contributed by atoms with Gasteiger partial charge >= 0.3 is 5.97 Å². The van der Waals surface area contributed by atoms with E-state index < -0.39 is 0 Å². The second kappa shape index (κ2) is 7.44. The van der Waals surface area contributed by atoms with E-state index in [4.69, 9.17) is 4.74 Å². The molecular weight excluding hydrogens is 250 g/mol. The van der Waals surface area contributed by atoms with Crippen LogP contribution < -0.4 is 0 Å². The van der Waals surface area contributed by atoms with Crippen LogP contribution >= 0.6 is 0 Å². The fourth-order valence-corrected chi connectivity index (χ4v) is 2.98. The number of likely N-dealkylation sites (tertiary alicyclic amines) is 1. The van der Waals surface area contributed by atoms with Gasteiger partial charge in [0.1, 0.15) is 0 Å². The molecule has 0 bridgehead atoms. The molecule has 1 aromatic rings. The molecule has 3 nitrogen and oxygen atoms in total. The van der Waals surface area contributed by atoms with Crippen LogP contribution in [0.2, 0.25) is 0 Å². The number of carbonyl (C=O) groups excluding carboxylic acids is 1. The molecule has 1 aliphatic rings. The highest BCUT2D eigenvalue weighted by atomic mass is 16.5. The number of piperidine rings is 1. The van der Waals surface area contributed by atoms with E-state index in [1.165, 1.54) is 45.0 Å². The molecule has 0 aromatic heterocycles. The molecule has 0 radical (unpaired) electrons. The summed E-state index contributed by atoms with van der Waals surface area (Å²) in [6.07, 6.45) is 4.28. The molecule has 0 N–H and O–H groups in total. The summed E-state index contributed by atoms with van der Waals surface area (Å²) >= 11 is 0. The number of hydrogen-bond acceptors (Lipinski definition) is 3. The molecule has 3 heteroatoms. The number of nitrogens with zero attached hydrogens (tertiary/aromatic N) is 1. The first-order valence-corrected chi connectivity index (χ1v) is 7.59. The van der Waals surface area contributed by atoms with Gasteiger partial charge in [-0.15, -0.1) is 0 Å². The third-order valence-electron chi connectivity index (χ3n) is 4.26. The minimum absolute atomic E-state index is 0.164. The van der Waals surface area contributed by atoms with Crippen LogP contribution in [-0.2, 0) is 22.5 Å². The van der Waals surface area contributed by atoms with Gasteiger partial charge in [-0.2, -0.15) is 0 Å². The van der Waals surface area contributed by atoms with Crippen LogP contribution in [0, 0.1) is 5.92 Å². The summed E-state index contributed by atoms with van der Waals surface area (Å²) in [6, 6.07) is 8.21. The summed E-state index contributed by atoms with van der Waals surface area (Å²) in [4.78, 5) is 14.0. The van der Waals surface area contributed by atoms with Gasteiger partial charge < -0.3 is 4.74 Å². The Balaban J connectivity index is 2.03. The summed E-state index contributed by atoms with van der Waals surface area (Å²) in [7, 11) is 1.45. The zero-order chi connectivity index (χ0) is 14.4. The molecule has 0 aliphatic carbocycles. The molecule has 0 amide bonds. The predicted octanol–water partition coefficient (Wildman–Crippen LogP) is 3.02. The van der Waals surface area contributed by atoms with Gasteiger partial charge in [0.2, 0.25) is 0 Å². The lowest BCUT2D eigenvalue weighted by molar-refractivity contribution is -0.139. The van der Waals surface area contributed by atoms with Crippen LogP contribution in [0.4, 0.5) is 0 Å². The standard InChI is InChI=1S/C17H25NO2/c1-3-14-7-6-10-18(12-14)13-16-9-5-4-8-15(16)11-17(19)20-2/h4-5,8-9,14H,3,6-7,10-13H2,1-2H3. The summed E-state index contributed by atoms with van der Waals surface area (Å²) in [6.45, 7) is 5.58. The summed E-state index contributed by atoms with van der Waals surface area (Å²) in [5, 5.41) is 0. The number of carbonyl (C=O) groups is 1. The number of benzene rings is 1. The molecule has 1 aliphatic heterocycles. The van der Waals surface area contributed by atoms with Crippen LogP contribution in [0.5, 0.6) is 0 Å². The van der Waals surface area contributed by atoms with Crippen molar-refractivity contribution in [1.29, 1.82) is 0 Å². The lowest BCUT2D eigenvalue weighted by Gasteiger charge is -2.32. The summed E-state index contributed by atoms with van der Waals surface area (Å²) < 4.78 is 4.78. The van der Waals surface area contributed by atoms with Crippen molar-refractivity contribution < 1.29 is 9.53 Å². The molecule has 0 spiro atoms. The average Bonchev–Trinajstić information content (AvgIpc) is 2.49. The van der Waals surface area contributed by atoms with Gasteiger partial charge in [0.25, 0.3) is 0 Å². The van der Waals surface area contributed by atoms with E-state index >= 15 is 0 Å². The Morgan fingerprint density at radius 3 is 2.80 bits per heavy atom. The van der Waals surface area contributed by atoms with E-state index in [2.05, 4.69) is 24.0 Å². The molecule has 1 heterocycles. The van der Waals surface area contributed by atoms with Gasteiger partial charge in [-0.1, -0.05) is 37.6 Å². The normalized spacial score (nSPS) is 19.8. The van der Waals surface area contributed by atoms with Crippen molar-refractivity contribution in [1.82, 2.24) is 4.90 Å². The Bertz CT molecular complexity index is 444. The molecule has 1 saturated heterocycles. The summed E-state index contributed by atoms with van der Waals surface area (Å²) in [5.41, 5.74) is 2.35. The molecule has 1 atom stereocenters. The molecule has 0 saturated carbocycles. The second-order valence-electron chi connectivity index (χ2n) is 5.67. The van der Waals surface area contributed by atoms with Crippen LogP contribution in [0.25, 0.3) is 0 Å². The largest absolute Gasteiger partial charge is 0.469 e. The molecule has 2 rings (SSSR count).